The molecule has 0 aromatic heterocycles. The lowest BCUT2D eigenvalue weighted by Crippen LogP contribution is -2.46. The smallest absolute Gasteiger partial charge is 0.220 e. The number of carbonyl (C=O) groups excluding carboxylic acids is 1. The van der Waals surface area contributed by atoms with Crippen LogP contribution in [0.2, 0.25) is 0 Å². The monoisotopic (exact) mass is 255 g/mol. The van der Waals surface area contributed by atoms with E-state index >= 15 is 0 Å². The van der Waals surface area contributed by atoms with E-state index in [-0.39, 0.29) is 12.5 Å². The van der Waals surface area contributed by atoms with Gasteiger partial charge >= 0.3 is 0 Å². The van der Waals surface area contributed by atoms with Crippen molar-refractivity contribution in [2.75, 3.05) is 6.61 Å². The van der Waals surface area contributed by atoms with Gasteiger partial charge in [-0.3, -0.25) is 4.79 Å². The van der Waals surface area contributed by atoms with Gasteiger partial charge in [-0.2, -0.15) is 0 Å². The van der Waals surface area contributed by atoms with Gasteiger partial charge in [-0.25, -0.2) is 0 Å². The van der Waals surface area contributed by atoms with Crippen molar-refractivity contribution in [3.05, 3.63) is 0 Å². The molecule has 0 aromatic rings. The van der Waals surface area contributed by atoms with Crippen LogP contribution in [0.25, 0.3) is 0 Å². The van der Waals surface area contributed by atoms with Gasteiger partial charge in [0.15, 0.2) is 0 Å². The highest BCUT2D eigenvalue weighted by Gasteiger charge is 2.38. The molecule has 0 aromatic carbocycles. The number of rotatable bonds is 5. The van der Waals surface area contributed by atoms with Crippen LogP contribution >= 0.6 is 0 Å². The summed E-state index contributed by atoms with van der Waals surface area (Å²) in [6.45, 7) is 9.34. The number of carbonyl (C=O) groups is 1. The highest BCUT2D eigenvalue weighted by Crippen LogP contribution is 2.45. The normalized spacial score (nSPS) is 22.7. The van der Waals surface area contributed by atoms with E-state index in [1.54, 1.807) is 0 Å². The zero-order valence-electron chi connectivity index (χ0n) is 12.4. The Kier molecular flexibility index (Phi) is 5.20. The van der Waals surface area contributed by atoms with Crippen LogP contribution < -0.4 is 5.32 Å². The zero-order chi connectivity index (χ0) is 13.8. The minimum atomic E-state index is 0.141. The first-order chi connectivity index (χ1) is 8.24. The van der Waals surface area contributed by atoms with Crippen molar-refractivity contribution in [2.45, 2.75) is 72.3 Å². The van der Waals surface area contributed by atoms with E-state index in [9.17, 15) is 4.79 Å². The maximum atomic E-state index is 11.8. The molecular weight excluding hydrogens is 226 g/mol. The third kappa shape index (κ3) is 5.38. The summed E-state index contributed by atoms with van der Waals surface area (Å²) in [5.74, 6) is 0.141. The van der Waals surface area contributed by atoms with E-state index in [4.69, 9.17) is 5.11 Å². The second-order valence-electron chi connectivity index (χ2n) is 7.36. The molecule has 0 unspecified atom stereocenters. The van der Waals surface area contributed by atoms with E-state index in [2.05, 4.69) is 33.0 Å². The van der Waals surface area contributed by atoms with Crippen molar-refractivity contribution in [1.29, 1.82) is 0 Å². The number of amides is 1. The van der Waals surface area contributed by atoms with E-state index < -0.39 is 0 Å². The lowest BCUT2D eigenvalue weighted by atomic mass is 9.63. The predicted molar refractivity (Wildman–Crippen MR) is 74.3 cm³/mol. The molecule has 1 amide bonds. The van der Waals surface area contributed by atoms with Crippen LogP contribution in [0.3, 0.4) is 0 Å². The fourth-order valence-corrected chi connectivity index (χ4v) is 3.65. The third-order valence-corrected chi connectivity index (χ3v) is 3.73. The summed E-state index contributed by atoms with van der Waals surface area (Å²) in [5.41, 5.74) is 0.621. The van der Waals surface area contributed by atoms with Crippen molar-refractivity contribution >= 4 is 5.91 Å². The Morgan fingerprint density at radius 1 is 1.17 bits per heavy atom. The third-order valence-electron chi connectivity index (χ3n) is 3.73. The molecule has 18 heavy (non-hydrogen) atoms. The second-order valence-corrected chi connectivity index (χ2v) is 7.36. The average Bonchev–Trinajstić information content (AvgIpc) is 2.12. The van der Waals surface area contributed by atoms with Gasteiger partial charge in [-0.05, 0) is 42.9 Å². The van der Waals surface area contributed by atoms with Crippen LogP contribution in [0.4, 0.5) is 0 Å². The zero-order valence-corrected chi connectivity index (χ0v) is 12.4. The van der Waals surface area contributed by atoms with Crippen LogP contribution in [0, 0.1) is 10.8 Å². The average molecular weight is 255 g/mol. The number of hydrogen-bond donors (Lipinski definition) is 2. The largest absolute Gasteiger partial charge is 0.396 e. The van der Waals surface area contributed by atoms with Crippen LogP contribution in [0.5, 0.6) is 0 Å². The summed E-state index contributed by atoms with van der Waals surface area (Å²) in [5, 5.41) is 11.9. The molecule has 3 nitrogen and oxygen atoms in total. The van der Waals surface area contributed by atoms with Crippen molar-refractivity contribution in [3.8, 4) is 0 Å². The second kappa shape index (κ2) is 6.05. The van der Waals surface area contributed by atoms with Crippen molar-refractivity contribution in [2.24, 2.45) is 10.8 Å². The molecule has 0 atom stereocenters. The van der Waals surface area contributed by atoms with E-state index in [0.29, 0.717) is 23.3 Å². The SMILES string of the molecule is CC1(C)CC(NC(=O)CCCCO)CC(C)(C)C1. The Bertz CT molecular complexity index is 268. The van der Waals surface area contributed by atoms with E-state index in [1.807, 2.05) is 0 Å². The van der Waals surface area contributed by atoms with Crippen molar-refractivity contribution in [1.82, 2.24) is 5.32 Å². The number of unbranched alkanes of at least 4 members (excludes halogenated alkanes) is 1. The van der Waals surface area contributed by atoms with Gasteiger partial charge in [0.25, 0.3) is 0 Å². The topological polar surface area (TPSA) is 49.3 Å². The number of aliphatic hydroxyl groups is 1. The first-order valence-corrected chi connectivity index (χ1v) is 7.14. The van der Waals surface area contributed by atoms with Gasteiger partial charge in [-0.1, -0.05) is 27.7 Å². The molecule has 1 rings (SSSR count). The molecule has 0 heterocycles. The molecule has 1 saturated carbocycles. The number of aliphatic hydroxyl groups excluding tert-OH is 1. The molecule has 1 aliphatic rings. The Morgan fingerprint density at radius 3 is 2.22 bits per heavy atom. The minimum Gasteiger partial charge on any atom is -0.396 e. The molecule has 0 spiro atoms. The van der Waals surface area contributed by atoms with Crippen LogP contribution in [-0.2, 0) is 4.79 Å². The molecular formula is C15H29NO2. The Balaban J connectivity index is 2.44. The molecule has 1 aliphatic carbocycles. The summed E-state index contributed by atoms with van der Waals surface area (Å²) in [6.07, 6.45) is 5.40. The van der Waals surface area contributed by atoms with Gasteiger partial charge in [0.05, 0.1) is 0 Å². The first-order valence-electron chi connectivity index (χ1n) is 7.14. The van der Waals surface area contributed by atoms with Gasteiger partial charge < -0.3 is 10.4 Å². The highest BCUT2D eigenvalue weighted by molar-refractivity contribution is 5.76. The molecule has 0 bridgehead atoms. The summed E-state index contributed by atoms with van der Waals surface area (Å²) >= 11 is 0. The summed E-state index contributed by atoms with van der Waals surface area (Å²) in [6, 6.07) is 0.311. The fraction of sp³-hybridized carbons (Fsp3) is 0.933. The van der Waals surface area contributed by atoms with Gasteiger partial charge in [0.2, 0.25) is 5.91 Å². The maximum Gasteiger partial charge on any atom is 0.220 e. The van der Waals surface area contributed by atoms with E-state index in [1.165, 1.54) is 6.42 Å². The maximum absolute atomic E-state index is 11.8. The fourth-order valence-electron chi connectivity index (χ4n) is 3.65. The van der Waals surface area contributed by atoms with E-state index in [0.717, 1.165) is 25.7 Å². The highest BCUT2D eigenvalue weighted by atomic mass is 16.2. The molecule has 106 valence electrons. The number of nitrogens with one attached hydrogen (secondary N) is 1. The molecule has 1 fully saturated rings. The van der Waals surface area contributed by atoms with Crippen LogP contribution in [-0.4, -0.2) is 23.7 Å². The molecule has 0 saturated heterocycles. The quantitative estimate of drug-likeness (QED) is 0.742. The van der Waals surface area contributed by atoms with Crippen molar-refractivity contribution in [3.63, 3.8) is 0 Å². The molecule has 0 radical (unpaired) electrons. The Labute approximate surface area is 111 Å². The lowest BCUT2D eigenvalue weighted by molar-refractivity contribution is -0.122. The molecule has 2 N–H and O–H groups in total. The van der Waals surface area contributed by atoms with Crippen LogP contribution in [0.15, 0.2) is 0 Å². The predicted octanol–water partition coefficient (Wildman–Crippen LogP) is 2.87. The molecule has 0 aliphatic heterocycles. The number of hydrogen-bond acceptors (Lipinski definition) is 2. The molecule has 3 heteroatoms. The summed E-state index contributed by atoms with van der Waals surface area (Å²) in [7, 11) is 0. The standard InChI is InChI=1S/C15H29NO2/c1-14(2)9-12(10-15(3,4)11-14)16-13(18)7-5-6-8-17/h12,17H,5-11H2,1-4H3,(H,16,18). The minimum absolute atomic E-state index is 0.141. The first kappa shape index (κ1) is 15.5. The lowest BCUT2D eigenvalue weighted by Gasteiger charge is -2.45. The van der Waals surface area contributed by atoms with Crippen LogP contribution in [0.1, 0.15) is 66.2 Å². The summed E-state index contributed by atoms with van der Waals surface area (Å²) < 4.78 is 0. The van der Waals surface area contributed by atoms with Gasteiger partial charge in [0.1, 0.15) is 0 Å². The van der Waals surface area contributed by atoms with Crippen molar-refractivity contribution < 1.29 is 9.90 Å². The van der Waals surface area contributed by atoms with Gasteiger partial charge in [0, 0.05) is 19.1 Å². The Morgan fingerprint density at radius 2 is 1.72 bits per heavy atom. The Hall–Kier alpha value is -0.570. The van der Waals surface area contributed by atoms with Gasteiger partial charge in [-0.15, -0.1) is 0 Å². The summed E-state index contributed by atoms with van der Waals surface area (Å²) in [4.78, 5) is 11.8.